The molecule has 0 saturated heterocycles. The number of carboxylic acid groups (broad SMARTS) is 2. The van der Waals surface area contributed by atoms with Crippen molar-refractivity contribution in [1.82, 2.24) is 0 Å². The molecule has 44 heavy (non-hydrogen) atoms. The molecule has 1 aliphatic carbocycles. The number of rotatable bonds is 14. The molecule has 0 radical (unpaired) electrons. The molecule has 238 valence electrons. The van der Waals surface area contributed by atoms with E-state index in [9.17, 15) is 9.59 Å². The van der Waals surface area contributed by atoms with Gasteiger partial charge in [-0.15, -0.1) is 0 Å². The van der Waals surface area contributed by atoms with Gasteiger partial charge in [0.25, 0.3) is 0 Å². The predicted octanol–water partition coefficient (Wildman–Crippen LogP) is 8.09. The first-order valence-corrected chi connectivity index (χ1v) is 14.7. The fraction of sp³-hybridized carbons (Fsp3) is 0.333. The number of carbonyl (C=O) groups is 4. The van der Waals surface area contributed by atoms with E-state index in [0.29, 0.717) is 6.10 Å². The van der Waals surface area contributed by atoms with E-state index in [1.54, 1.807) is 24.7 Å². The van der Waals surface area contributed by atoms with Gasteiger partial charge < -0.3 is 29.3 Å². The Kier molecular flexibility index (Phi) is 24.2. The summed E-state index contributed by atoms with van der Waals surface area (Å²) >= 11 is 0. The Hall–Kier alpha value is -4.72. The summed E-state index contributed by atoms with van der Waals surface area (Å²) in [5, 5.41) is 17.1. The third-order valence-electron chi connectivity index (χ3n) is 6.27. The summed E-state index contributed by atoms with van der Waals surface area (Å²) in [4.78, 5) is 36.8. The van der Waals surface area contributed by atoms with E-state index in [4.69, 9.17) is 29.3 Å². The van der Waals surface area contributed by atoms with E-state index in [1.807, 2.05) is 74.3 Å². The molecule has 0 spiro atoms. The van der Waals surface area contributed by atoms with Crippen LogP contribution in [0.2, 0.25) is 0 Å². The van der Waals surface area contributed by atoms with E-state index in [1.165, 1.54) is 38.5 Å². The summed E-state index contributed by atoms with van der Waals surface area (Å²) in [6.07, 6.45) is 24.1. The normalized spacial score (nSPS) is 12.9. The lowest BCUT2D eigenvalue weighted by molar-refractivity contribution is -0.132. The molecule has 2 aromatic carbocycles. The van der Waals surface area contributed by atoms with Gasteiger partial charge in [0, 0.05) is 12.2 Å². The van der Waals surface area contributed by atoms with E-state index < -0.39 is 11.9 Å². The van der Waals surface area contributed by atoms with E-state index in [2.05, 4.69) is 6.92 Å². The van der Waals surface area contributed by atoms with Gasteiger partial charge in [-0.3, -0.25) is 0 Å². The van der Waals surface area contributed by atoms with Crippen molar-refractivity contribution in [2.45, 2.75) is 70.8 Å². The first-order chi connectivity index (χ1) is 21.5. The molecule has 0 unspecified atom stereocenters. The Balaban J connectivity index is 0.000000755. The molecular formula is C36H46O8. The quantitative estimate of drug-likeness (QED) is 0.125. The van der Waals surface area contributed by atoms with Crippen LogP contribution in [0.1, 0.15) is 87.0 Å². The summed E-state index contributed by atoms with van der Waals surface area (Å²) < 4.78 is 11.1. The van der Waals surface area contributed by atoms with Gasteiger partial charge in [-0.2, -0.15) is 0 Å². The fourth-order valence-corrected chi connectivity index (χ4v) is 4.01. The Morgan fingerprint density at radius 2 is 1.11 bits per heavy atom. The Morgan fingerprint density at radius 1 is 0.682 bits per heavy atom. The van der Waals surface area contributed by atoms with Gasteiger partial charge in [0.05, 0.1) is 25.2 Å². The van der Waals surface area contributed by atoms with Gasteiger partial charge in [0.15, 0.2) is 0 Å². The number of carbonyl (C=O) groups excluding carboxylic acids is 2. The summed E-state index contributed by atoms with van der Waals surface area (Å²) in [6, 6.07) is 15.3. The number of hydrogen-bond acceptors (Lipinski definition) is 6. The van der Waals surface area contributed by atoms with Crippen LogP contribution in [0.3, 0.4) is 0 Å². The molecule has 8 nitrogen and oxygen atoms in total. The van der Waals surface area contributed by atoms with E-state index >= 15 is 0 Å². The van der Waals surface area contributed by atoms with Gasteiger partial charge in [0.1, 0.15) is 13.6 Å². The van der Waals surface area contributed by atoms with Crippen LogP contribution in [0.4, 0.5) is 0 Å². The maximum Gasteiger partial charge on any atom is 0.328 e. The zero-order valence-corrected chi connectivity index (χ0v) is 25.6. The van der Waals surface area contributed by atoms with Gasteiger partial charge >= 0.3 is 11.9 Å². The Bertz CT molecular complexity index is 1140. The van der Waals surface area contributed by atoms with Crippen LogP contribution in [0.25, 0.3) is 24.3 Å². The molecule has 2 aromatic rings. The third kappa shape index (κ3) is 21.1. The number of ether oxygens (including phenoxy) is 2. The highest BCUT2D eigenvalue weighted by Gasteiger charge is 2.12. The van der Waals surface area contributed by atoms with E-state index in [0.717, 1.165) is 60.3 Å². The van der Waals surface area contributed by atoms with Crippen LogP contribution in [-0.2, 0) is 28.7 Å². The average Bonchev–Trinajstić information content (AvgIpc) is 3.06. The molecule has 2 N–H and O–H groups in total. The lowest BCUT2D eigenvalue weighted by Crippen LogP contribution is -2.13. The van der Waals surface area contributed by atoms with Crippen LogP contribution in [0.5, 0.6) is 0 Å². The van der Waals surface area contributed by atoms with Crippen molar-refractivity contribution in [3.63, 3.8) is 0 Å². The maximum absolute atomic E-state index is 10.4. The lowest BCUT2D eigenvalue weighted by Gasteiger charge is -2.20. The zero-order chi connectivity index (χ0) is 32.8. The van der Waals surface area contributed by atoms with Gasteiger partial charge in [-0.1, -0.05) is 81.1 Å². The second-order valence-corrected chi connectivity index (χ2v) is 9.61. The predicted molar refractivity (Wildman–Crippen MR) is 177 cm³/mol. The molecule has 0 heterocycles. The minimum Gasteiger partial charge on any atom is -0.501 e. The molecule has 1 saturated carbocycles. The first kappa shape index (κ1) is 39.3. The lowest BCUT2D eigenvalue weighted by atomic mass is 9.98. The Morgan fingerprint density at radius 3 is 1.55 bits per heavy atom. The van der Waals surface area contributed by atoms with Crippen LogP contribution >= 0.6 is 0 Å². The van der Waals surface area contributed by atoms with Gasteiger partial charge in [-0.25, -0.2) is 9.59 Å². The monoisotopic (exact) mass is 606 g/mol. The molecule has 1 aliphatic rings. The molecular weight excluding hydrogens is 560 g/mol. The van der Waals surface area contributed by atoms with Crippen LogP contribution in [-0.4, -0.2) is 48.4 Å². The highest BCUT2D eigenvalue weighted by Crippen LogP contribution is 2.20. The van der Waals surface area contributed by atoms with Crippen molar-refractivity contribution in [2.24, 2.45) is 0 Å². The molecule has 0 aromatic heterocycles. The smallest absolute Gasteiger partial charge is 0.328 e. The van der Waals surface area contributed by atoms with Crippen molar-refractivity contribution in [1.29, 1.82) is 0 Å². The summed E-state index contributed by atoms with van der Waals surface area (Å²) in [7, 11) is 0. The van der Waals surface area contributed by atoms with Crippen LogP contribution in [0, 0.1) is 0 Å². The van der Waals surface area contributed by atoms with Crippen molar-refractivity contribution in [3.8, 4) is 0 Å². The summed E-state index contributed by atoms with van der Waals surface area (Å²) in [6.45, 7) is 6.95. The molecule has 8 heteroatoms. The number of aliphatic carboxylic acids is 2. The molecule has 0 aliphatic heterocycles. The highest BCUT2D eigenvalue weighted by atomic mass is 16.5. The minimum absolute atomic E-state index is 0.373. The van der Waals surface area contributed by atoms with Crippen LogP contribution in [0.15, 0.2) is 73.2 Å². The standard InChI is InChI=1S/C17H20O3.C17H22O3.2CH2O/c18-17(19)11-10-14-6-8-15(9-7-14)12-13-20-16-4-2-1-3-5-16;1-2-3-4-5-13-20-14-12-16-8-6-15(7-9-16)10-11-17(18)19;2*1-2/h6-13,16H,1-5H2,(H,18,19);6-12,14H,2-5,13H2,1H3,(H,18,19);2*1H2. The zero-order valence-electron chi connectivity index (χ0n) is 25.6. The molecule has 1 fully saturated rings. The molecule has 3 rings (SSSR count). The van der Waals surface area contributed by atoms with Crippen molar-refractivity contribution in [3.05, 3.63) is 95.5 Å². The average molecular weight is 607 g/mol. The maximum atomic E-state index is 10.4. The van der Waals surface area contributed by atoms with E-state index in [-0.39, 0.29) is 0 Å². The second-order valence-electron chi connectivity index (χ2n) is 9.61. The molecule has 0 atom stereocenters. The Labute approximate surface area is 261 Å². The third-order valence-corrected chi connectivity index (χ3v) is 6.27. The number of unbranched alkanes of at least 4 members (excludes halogenated alkanes) is 3. The van der Waals surface area contributed by atoms with Crippen LogP contribution < -0.4 is 0 Å². The highest BCUT2D eigenvalue weighted by molar-refractivity contribution is 5.85. The number of benzene rings is 2. The van der Waals surface area contributed by atoms with Crippen molar-refractivity contribution < 1.29 is 38.9 Å². The molecule has 0 amide bonds. The topological polar surface area (TPSA) is 127 Å². The largest absolute Gasteiger partial charge is 0.501 e. The second kappa shape index (κ2) is 27.1. The number of carboxylic acids is 2. The number of hydrogen-bond donors (Lipinski definition) is 2. The van der Waals surface area contributed by atoms with Gasteiger partial charge in [0.2, 0.25) is 0 Å². The summed E-state index contributed by atoms with van der Waals surface area (Å²) in [5.41, 5.74) is 3.82. The first-order valence-electron chi connectivity index (χ1n) is 14.7. The fourth-order valence-electron chi connectivity index (χ4n) is 4.01. The summed E-state index contributed by atoms with van der Waals surface area (Å²) in [5.74, 6) is -1.87. The minimum atomic E-state index is -0.939. The van der Waals surface area contributed by atoms with Crippen molar-refractivity contribution >= 4 is 49.8 Å². The van der Waals surface area contributed by atoms with Crippen molar-refractivity contribution in [2.75, 3.05) is 6.61 Å². The SMILES string of the molecule is C=O.C=O.CCCCCCOC=Cc1ccc(C=CC(=O)O)cc1.O=C(O)C=Cc1ccc(C=COC2CCCCC2)cc1. The molecule has 0 bridgehead atoms. The van der Waals surface area contributed by atoms with Gasteiger partial charge in [-0.05, 0) is 78.7 Å².